The lowest BCUT2D eigenvalue weighted by molar-refractivity contribution is 0.595. The molecule has 0 radical (unpaired) electrons. The summed E-state index contributed by atoms with van der Waals surface area (Å²) in [5.74, 6) is -0.456. The number of halogens is 2. The zero-order valence-corrected chi connectivity index (χ0v) is 8.42. The van der Waals surface area contributed by atoms with Crippen LogP contribution in [0.5, 0.6) is 0 Å². The maximum Gasteiger partial charge on any atom is 0.144 e. The molecule has 0 amide bonds. The molecule has 0 bridgehead atoms. The first kappa shape index (κ1) is 9.40. The standard InChI is InChI=1S/C9H9ClFN3/c1-2-3-14-9-4-6(10)7(11)5-8(9)12-13-14/h4-5H,2-3H2,1H3. The lowest BCUT2D eigenvalue weighted by Crippen LogP contribution is -1.98. The summed E-state index contributed by atoms with van der Waals surface area (Å²) in [7, 11) is 0. The minimum atomic E-state index is -0.456. The third-order valence-electron chi connectivity index (χ3n) is 1.99. The SMILES string of the molecule is CCCn1nnc2cc(F)c(Cl)cc21. The molecule has 2 aromatic rings. The molecule has 0 atom stereocenters. The second-order valence-corrected chi connectivity index (χ2v) is 3.47. The van der Waals surface area contributed by atoms with Crippen LogP contribution in [0, 0.1) is 5.82 Å². The summed E-state index contributed by atoms with van der Waals surface area (Å²) < 4.78 is 14.8. The van der Waals surface area contributed by atoms with Gasteiger partial charge in [-0.05, 0) is 12.5 Å². The highest BCUT2D eigenvalue weighted by Crippen LogP contribution is 2.21. The summed E-state index contributed by atoms with van der Waals surface area (Å²) >= 11 is 5.67. The number of rotatable bonds is 2. The van der Waals surface area contributed by atoms with E-state index in [0.29, 0.717) is 5.52 Å². The molecular formula is C9H9ClFN3. The normalized spacial score (nSPS) is 11.1. The molecule has 0 aliphatic heterocycles. The monoisotopic (exact) mass is 213 g/mol. The van der Waals surface area contributed by atoms with Gasteiger partial charge in [-0.25, -0.2) is 9.07 Å². The zero-order valence-electron chi connectivity index (χ0n) is 7.67. The highest BCUT2D eigenvalue weighted by Gasteiger charge is 2.08. The molecule has 74 valence electrons. The van der Waals surface area contributed by atoms with Crippen LogP contribution in [0.3, 0.4) is 0 Å². The number of nitrogens with zero attached hydrogens (tertiary/aromatic N) is 3. The van der Waals surface area contributed by atoms with Crippen LogP contribution in [0.25, 0.3) is 11.0 Å². The molecule has 0 aliphatic carbocycles. The van der Waals surface area contributed by atoms with Gasteiger partial charge in [0.05, 0.1) is 10.5 Å². The van der Waals surface area contributed by atoms with Crippen molar-refractivity contribution in [3.8, 4) is 0 Å². The first-order chi connectivity index (χ1) is 6.72. The molecule has 0 N–H and O–H groups in total. The van der Waals surface area contributed by atoms with Crippen LogP contribution in [-0.4, -0.2) is 15.0 Å². The molecule has 0 spiro atoms. The van der Waals surface area contributed by atoms with Gasteiger partial charge in [-0.1, -0.05) is 23.7 Å². The molecule has 0 fully saturated rings. The summed E-state index contributed by atoms with van der Waals surface area (Å²) in [5.41, 5.74) is 1.32. The topological polar surface area (TPSA) is 30.7 Å². The van der Waals surface area contributed by atoms with Gasteiger partial charge in [-0.15, -0.1) is 5.10 Å². The molecule has 0 saturated heterocycles. The summed E-state index contributed by atoms with van der Waals surface area (Å²) in [6.45, 7) is 2.80. The molecular weight excluding hydrogens is 205 g/mol. The Bertz CT molecular complexity index is 466. The van der Waals surface area contributed by atoms with E-state index in [4.69, 9.17) is 11.6 Å². The number of aryl methyl sites for hydroxylation is 1. The second kappa shape index (κ2) is 3.53. The van der Waals surface area contributed by atoms with Crippen molar-refractivity contribution < 1.29 is 4.39 Å². The van der Waals surface area contributed by atoms with Crippen LogP contribution >= 0.6 is 11.6 Å². The fourth-order valence-corrected chi connectivity index (χ4v) is 1.50. The Morgan fingerprint density at radius 3 is 3.00 bits per heavy atom. The summed E-state index contributed by atoms with van der Waals surface area (Å²) in [4.78, 5) is 0. The maximum atomic E-state index is 13.0. The van der Waals surface area contributed by atoms with Crippen LogP contribution in [0.15, 0.2) is 12.1 Å². The van der Waals surface area contributed by atoms with E-state index < -0.39 is 5.82 Å². The summed E-state index contributed by atoms with van der Waals surface area (Å²) in [5, 5.41) is 7.87. The van der Waals surface area contributed by atoms with E-state index in [0.717, 1.165) is 18.5 Å². The first-order valence-corrected chi connectivity index (χ1v) is 4.78. The van der Waals surface area contributed by atoms with E-state index in [2.05, 4.69) is 10.3 Å². The van der Waals surface area contributed by atoms with Crippen molar-refractivity contribution in [2.45, 2.75) is 19.9 Å². The van der Waals surface area contributed by atoms with E-state index in [-0.39, 0.29) is 5.02 Å². The fraction of sp³-hybridized carbons (Fsp3) is 0.333. The molecule has 0 unspecified atom stereocenters. The minimum Gasteiger partial charge on any atom is -0.245 e. The molecule has 5 heteroatoms. The predicted molar refractivity (Wildman–Crippen MR) is 52.8 cm³/mol. The van der Waals surface area contributed by atoms with Crippen molar-refractivity contribution in [2.75, 3.05) is 0 Å². The number of aromatic nitrogens is 3. The molecule has 14 heavy (non-hydrogen) atoms. The third kappa shape index (κ3) is 1.46. The number of hydrogen-bond donors (Lipinski definition) is 0. The van der Waals surface area contributed by atoms with E-state index in [1.807, 2.05) is 6.92 Å². The molecule has 0 saturated carbocycles. The highest BCUT2D eigenvalue weighted by atomic mass is 35.5. The van der Waals surface area contributed by atoms with Gasteiger partial charge in [0, 0.05) is 12.6 Å². The van der Waals surface area contributed by atoms with Gasteiger partial charge in [0.25, 0.3) is 0 Å². The van der Waals surface area contributed by atoms with Gasteiger partial charge in [-0.3, -0.25) is 0 Å². The Morgan fingerprint density at radius 2 is 2.29 bits per heavy atom. The number of benzene rings is 1. The second-order valence-electron chi connectivity index (χ2n) is 3.07. The van der Waals surface area contributed by atoms with Crippen molar-refractivity contribution in [2.24, 2.45) is 0 Å². The lowest BCUT2D eigenvalue weighted by atomic mass is 10.3. The maximum absolute atomic E-state index is 13.0. The van der Waals surface area contributed by atoms with Crippen LogP contribution in [0.1, 0.15) is 13.3 Å². The summed E-state index contributed by atoms with van der Waals surface area (Å²) in [6, 6.07) is 2.86. The van der Waals surface area contributed by atoms with Gasteiger partial charge >= 0.3 is 0 Å². The van der Waals surface area contributed by atoms with Crippen LogP contribution < -0.4 is 0 Å². The largest absolute Gasteiger partial charge is 0.245 e. The van der Waals surface area contributed by atoms with Gasteiger partial charge in [0.2, 0.25) is 0 Å². The molecule has 1 heterocycles. The van der Waals surface area contributed by atoms with Crippen LogP contribution in [-0.2, 0) is 6.54 Å². The third-order valence-corrected chi connectivity index (χ3v) is 2.28. The Hall–Kier alpha value is -1.16. The van der Waals surface area contributed by atoms with E-state index in [9.17, 15) is 4.39 Å². The van der Waals surface area contributed by atoms with Crippen molar-refractivity contribution in [3.05, 3.63) is 23.0 Å². The Labute approximate surface area is 85.5 Å². The molecule has 2 rings (SSSR count). The Kier molecular flexibility index (Phi) is 2.37. The van der Waals surface area contributed by atoms with Gasteiger partial charge in [0.15, 0.2) is 0 Å². The predicted octanol–water partition coefficient (Wildman–Crippen LogP) is 2.63. The molecule has 3 nitrogen and oxygen atoms in total. The minimum absolute atomic E-state index is 0.108. The Balaban J connectivity index is 2.61. The summed E-state index contributed by atoms with van der Waals surface area (Å²) in [6.07, 6.45) is 0.952. The van der Waals surface area contributed by atoms with Crippen molar-refractivity contribution in [3.63, 3.8) is 0 Å². The van der Waals surface area contributed by atoms with Crippen molar-refractivity contribution >= 4 is 22.6 Å². The van der Waals surface area contributed by atoms with Gasteiger partial charge in [-0.2, -0.15) is 0 Å². The van der Waals surface area contributed by atoms with Gasteiger partial charge < -0.3 is 0 Å². The number of fused-ring (bicyclic) bond motifs is 1. The van der Waals surface area contributed by atoms with Gasteiger partial charge in [0.1, 0.15) is 11.3 Å². The van der Waals surface area contributed by atoms with Crippen molar-refractivity contribution in [1.82, 2.24) is 15.0 Å². The lowest BCUT2D eigenvalue weighted by Gasteiger charge is -1.99. The zero-order chi connectivity index (χ0) is 10.1. The van der Waals surface area contributed by atoms with E-state index in [1.165, 1.54) is 6.07 Å². The highest BCUT2D eigenvalue weighted by molar-refractivity contribution is 6.31. The Morgan fingerprint density at radius 1 is 1.50 bits per heavy atom. The van der Waals surface area contributed by atoms with E-state index >= 15 is 0 Å². The average molecular weight is 214 g/mol. The fourth-order valence-electron chi connectivity index (χ4n) is 1.34. The van der Waals surface area contributed by atoms with Crippen molar-refractivity contribution in [1.29, 1.82) is 0 Å². The van der Waals surface area contributed by atoms with E-state index in [1.54, 1.807) is 10.7 Å². The first-order valence-electron chi connectivity index (χ1n) is 4.40. The molecule has 1 aromatic carbocycles. The van der Waals surface area contributed by atoms with Crippen LogP contribution in [0.2, 0.25) is 5.02 Å². The smallest absolute Gasteiger partial charge is 0.144 e. The molecule has 0 aliphatic rings. The molecule has 1 aromatic heterocycles. The quantitative estimate of drug-likeness (QED) is 0.768. The number of hydrogen-bond acceptors (Lipinski definition) is 2. The van der Waals surface area contributed by atoms with Crippen LogP contribution in [0.4, 0.5) is 4.39 Å². The average Bonchev–Trinajstić information content (AvgIpc) is 2.51.